The molecule has 0 aliphatic heterocycles. The molecular weight excluding hydrogens is 234 g/mol. The van der Waals surface area contributed by atoms with Crippen LogP contribution in [0.2, 0.25) is 0 Å². The molecule has 0 heterocycles. The van der Waals surface area contributed by atoms with Gasteiger partial charge in [0.25, 0.3) is 0 Å². The summed E-state index contributed by atoms with van der Waals surface area (Å²) in [6.45, 7) is 1.52. The van der Waals surface area contributed by atoms with E-state index in [2.05, 4.69) is 5.43 Å². The Morgan fingerprint density at radius 1 is 1.38 bits per heavy atom. The number of hydrogen-bond donors (Lipinski definition) is 2. The number of halogens is 3. The van der Waals surface area contributed by atoms with Gasteiger partial charge in [-0.25, -0.2) is 8.78 Å². The summed E-state index contributed by atoms with van der Waals surface area (Å²) in [5.74, 6) is 4.14. The van der Waals surface area contributed by atoms with Crippen LogP contribution in [0.15, 0.2) is 12.1 Å². The Morgan fingerprint density at radius 2 is 2.06 bits per heavy atom. The lowest BCUT2D eigenvalue weighted by Gasteiger charge is -2.17. The molecule has 1 unspecified atom stereocenters. The first-order valence-corrected chi connectivity index (χ1v) is 5.61. The van der Waals surface area contributed by atoms with E-state index in [1.165, 1.54) is 6.92 Å². The fraction of sp³-hybridized carbons (Fsp3) is 0.455. The average Bonchev–Trinajstić information content (AvgIpc) is 2.29. The molecule has 0 spiro atoms. The van der Waals surface area contributed by atoms with Crippen molar-refractivity contribution in [1.29, 1.82) is 0 Å². The number of aryl methyl sites for hydroxylation is 1. The third-order valence-electron chi connectivity index (χ3n) is 2.51. The number of hydrogen-bond acceptors (Lipinski definition) is 2. The summed E-state index contributed by atoms with van der Waals surface area (Å²) in [6, 6.07) is 2.68. The van der Waals surface area contributed by atoms with Gasteiger partial charge in [-0.05, 0) is 25.3 Å². The van der Waals surface area contributed by atoms with Crippen LogP contribution in [0.1, 0.15) is 30.0 Å². The van der Waals surface area contributed by atoms with Crippen molar-refractivity contribution in [2.24, 2.45) is 5.84 Å². The van der Waals surface area contributed by atoms with E-state index in [-0.39, 0.29) is 11.1 Å². The van der Waals surface area contributed by atoms with Crippen molar-refractivity contribution in [3.8, 4) is 0 Å². The van der Waals surface area contributed by atoms with Gasteiger partial charge in [0.05, 0.1) is 0 Å². The molecule has 1 atom stereocenters. The Hall–Kier alpha value is -0.710. The Balaban J connectivity index is 2.96. The highest BCUT2D eigenvalue weighted by Gasteiger charge is 2.18. The van der Waals surface area contributed by atoms with Crippen LogP contribution in [-0.4, -0.2) is 5.88 Å². The van der Waals surface area contributed by atoms with Crippen molar-refractivity contribution < 1.29 is 8.78 Å². The molecule has 16 heavy (non-hydrogen) atoms. The van der Waals surface area contributed by atoms with Crippen LogP contribution in [0.3, 0.4) is 0 Å². The Bertz CT molecular complexity index is 358. The van der Waals surface area contributed by atoms with Gasteiger partial charge in [0.2, 0.25) is 0 Å². The summed E-state index contributed by atoms with van der Waals surface area (Å²) in [5, 5.41) is 0. The monoisotopic (exact) mass is 248 g/mol. The molecule has 1 aromatic rings. The Labute approximate surface area is 98.8 Å². The number of hydrazine groups is 1. The second-order valence-electron chi connectivity index (χ2n) is 3.65. The van der Waals surface area contributed by atoms with Crippen molar-refractivity contribution in [2.45, 2.75) is 25.8 Å². The van der Waals surface area contributed by atoms with Gasteiger partial charge < -0.3 is 0 Å². The maximum Gasteiger partial charge on any atom is 0.163 e. The molecule has 0 radical (unpaired) electrons. The first-order chi connectivity index (χ1) is 7.61. The van der Waals surface area contributed by atoms with Crippen LogP contribution in [0.4, 0.5) is 8.78 Å². The van der Waals surface area contributed by atoms with Gasteiger partial charge in [0.15, 0.2) is 11.6 Å². The quantitative estimate of drug-likeness (QED) is 0.478. The van der Waals surface area contributed by atoms with E-state index in [9.17, 15) is 8.78 Å². The first kappa shape index (κ1) is 13.4. The highest BCUT2D eigenvalue weighted by molar-refractivity contribution is 6.17. The number of benzene rings is 1. The van der Waals surface area contributed by atoms with Gasteiger partial charge in [-0.3, -0.25) is 11.3 Å². The minimum atomic E-state index is -0.836. The largest absolute Gasteiger partial charge is 0.271 e. The molecule has 0 saturated carbocycles. The molecule has 0 aromatic heterocycles. The molecule has 0 aliphatic carbocycles. The fourth-order valence-electron chi connectivity index (χ4n) is 1.54. The lowest BCUT2D eigenvalue weighted by molar-refractivity contribution is 0.447. The lowest BCUT2D eigenvalue weighted by atomic mass is 10.0. The van der Waals surface area contributed by atoms with Gasteiger partial charge in [0, 0.05) is 17.5 Å². The summed E-state index contributed by atoms with van der Waals surface area (Å²) < 4.78 is 27.0. The van der Waals surface area contributed by atoms with E-state index in [4.69, 9.17) is 17.4 Å². The van der Waals surface area contributed by atoms with Crippen molar-refractivity contribution in [2.75, 3.05) is 5.88 Å². The van der Waals surface area contributed by atoms with Crippen molar-refractivity contribution in [3.05, 3.63) is 34.9 Å². The standard InChI is InChI=1S/C11H15ClF2N2/c1-7-4-5-8(11(14)10(7)13)9(16-15)3-2-6-12/h4-5,9,16H,2-3,6,15H2,1H3. The SMILES string of the molecule is Cc1ccc(C(CCCCl)NN)c(F)c1F. The topological polar surface area (TPSA) is 38.0 Å². The van der Waals surface area contributed by atoms with Crippen LogP contribution in [-0.2, 0) is 0 Å². The van der Waals surface area contributed by atoms with Crippen molar-refractivity contribution in [1.82, 2.24) is 5.43 Å². The molecule has 5 heteroatoms. The van der Waals surface area contributed by atoms with E-state index in [1.807, 2.05) is 0 Å². The van der Waals surface area contributed by atoms with Crippen molar-refractivity contribution in [3.63, 3.8) is 0 Å². The molecule has 0 fully saturated rings. The predicted octanol–water partition coefficient (Wildman–Crippen LogP) is 2.80. The third kappa shape index (κ3) is 2.90. The van der Waals surface area contributed by atoms with Gasteiger partial charge in [-0.1, -0.05) is 12.1 Å². The number of nitrogens with two attached hydrogens (primary N) is 1. The van der Waals surface area contributed by atoms with Crippen LogP contribution in [0, 0.1) is 18.6 Å². The number of rotatable bonds is 5. The van der Waals surface area contributed by atoms with Crippen LogP contribution in [0.25, 0.3) is 0 Å². The molecular formula is C11H15ClF2N2. The molecule has 3 N–H and O–H groups in total. The van der Waals surface area contributed by atoms with E-state index in [1.54, 1.807) is 12.1 Å². The van der Waals surface area contributed by atoms with E-state index >= 15 is 0 Å². The average molecular weight is 249 g/mol. The maximum atomic E-state index is 13.6. The van der Waals surface area contributed by atoms with E-state index < -0.39 is 17.7 Å². The van der Waals surface area contributed by atoms with Gasteiger partial charge in [-0.15, -0.1) is 11.6 Å². The first-order valence-electron chi connectivity index (χ1n) is 5.08. The summed E-state index contributed by atoms with van der Waals surface area (Å²) >= 11 is 5.55. The van der Waals surface area contributed by atoms with Gasteiger partial charge in [-0.2, -0.15) is 0 Å². The van der Waals surface area contributed by atoms with Crippen LogP contribution < -0.4 is 11.3 Å². The molecule has 0 bridgehead atoms. The van der Waals surface area contributed by atoms with E-state index in [0.717, 1.165) is 0 Å². The Kier molecular flexibility index (Phi) is 5.12. The van der Waals surface area contributed by atoms with Crippen molar-refractivity contribution >= 4 is 11.6 Å². The Morgan fingerprint density at radius 3 is 2.62 bits per heavy atom. The minimum absolute atomic E-state index is 0.246. The maximum absolute atomic E-state index is 13.6. The van der Waals surface area contributed by atoms with Crippen LogP contribution >= 0.6 is 11.6 Å². The summed E-state index contributed by atoms with van der Waals surface area (Å²) in [4.78, 5) is 0. The zero-order chi connectivity index (χ0) is 12.1. The van der Waals surface area contributed by atoms with E-state index in [0.29, 0.717) is 18.7 Å². The molecule has 2 nitrogen and oxygen atoms in total. The van der Waals surface area contributed by atoms with Crippen LogP contribution in [0.5, 0.6) is 0 Å². The minimum Gasteiger partial charge on any atom is -0.271 e. The molecule has 1 aromatic carbocycles. The molecule has 1 rings (SSSR count). The summed E-state index contributed by atoms with van der Waals surface area (Å²) in [7, 11) is 0. The fourth-order valence-corrected chi connectivity index (χ4v) is 1.69. The van der Waals surface area contributed by atoms with Gasteiger partial charge in [0.1, 0.15) is 0 Å². The molecule has 0 saturated heterocycles. The van der Waals surface area contributed by atoms with Gasteiger partial charge >= 0.3 is 0 Å². The summed E-state index contributed by atoms with van der Waals surface area (Å²) in [6.07, 6.45) is 1.25. The zero-order valence-electron chi connectivity index (χ0n) is 9.06. The lowest BCUT2D eigenvalue weighted by Crippen LogP contribution is -2.29. The summed E-state index contributed by atoms with van der Waals surface area (Å²) in [5.41, 5.74) is 3.01. The highest BCUT2D eigenvalue weighted by Crippen LogP contribution is 2.24. The molecule has 90 valence electrons. The second-order valence-corrected chi connectivity index (χ2v) is 4.03. The predicted molar refractivity (Wildman–Crippen MR) is 61.1 cm³/mol. The number of alkyl halides is 1. The molecule has 0 amide bonds. The smallest absolute Gasteiger partial charge is 0.163 e. The highest BCUT2D eigenvalue weighted by atomic mass is 35.5. The number of nitrogens with one attached hydrogen (secondary N) is 1. The molecule has 0 aliphatic rings. The zero-order valence-corrected chi connectivity index (χ0v) is 9.82. The normalized spacial score (nSPS) is 12.8. The third-order valence-corrected chi connectivity index (χ3v) is 2.78. The second kappa shape index (κ2) is 6.13.